The van der Waals surface area contributed by atoms with E-state index in [2.05, 4.69) is 82.8 Å². The maximum absolute atomic E-state index is 11.3. The summed E-state index contributed by atoms with van der Waals surface area (Å²) >= 11 is 4.24. The van der Waals surface area contributed by atoms with Crippen LogP contribution in [0.1, 0.15) is 20.7 Å². The molecule has 0 saturated carbocycles. The van der Waals surface area contributed by atoms with Gasteiger partial charge in [-0.25, -0.2) is 9.59 Å². The molecule has 0 fully saturated rings. The zero-order valence-electron chi connectivity index (χ0n) is 46.7. The molecule has 0 atom stereocenters. The van der Waals surface area contributed by atoms with E-state index in [0.717, 1.165) is 6.07 Å². The second-order valence-electron chi connectivity index (χ2n) is 16.3. The molecule has 1 aliphatic heterocycles. The van der Waals surface area contributed by atoms with Gasteiger partial charge in [0.2, 0.25) is 5.56 Å². The zero-order valence-corrected chi connectivity index (χ0v) is 57.3. The molecule has 0 unspecified atom stereocenters. The van der Waals surface area contributed by atoms with Crippen LogP contribution in [0.4, 0.5) is 34.1 Å². The number of cyclic esters (lactones) is 2. The normalized spacial score (nSPS) is 9.89. The molecule has 11 aromatic rings. The smallest absolute Gasteiger partial charge is 0.870 e. The Hall–Kier alpha value is -9.75. The van der Waals surface area contributed by atoms with Gasteiger partial charge in [0.1, 0.15) is 10.8 Å². The van der Waals surface area contributed by atoms with Crippen LogP contribution in [0.3, 0.4) is 0 Å². The molecule has 20 N–H and O–H groups in total. The van der Waals surface area contributed by atoms with Crippen molar-refractivity contribution in [1.82, 2.24) is 51.0 Å². The van der Waals surface area contributed by atoms with Gasteiger partial charge in [0, 0.05) is 88.7 Å². The van der Waals surface area contributed by atoms with Crippen molar-refractivity contribution in [1.29, 1.82) is 10.8 Å². The molecular weight excluding hydrogens is 1610 g/mol. The summed E-state index contributed by atoms with van der Waals surface area (Å²) in [4.78, 5) is 164. The first kappa shape index (κ1) is 85.3. The summed E-state index contributed by atoms with van der Waals surface area (Å²) in [5.41, 5.74) is 11.2. The number of anilines is 3. The number of hydrogen-bond acceptors (Lipinski definition) is 25. The number of ether oxygens (including phenoxy) is 1. The van der Waals surface area contributed by atoms with Crippen LogP contribution >= 0.6 is 61.2 Å². The standard InChI is InChI=1S/2C8H5N3O4.3C8H7N3O2.C8H3NO5.I2.HI.N2.2Na.3H2O/c2*12-7-4-2-1-3-5(11(14)15)6(4)8(13)10-9-7;3*9-5-3-1-2-4-6(5)8(13)11-10-7(4)12;10-7-4-2-1-3-5(9(12)13)6(4)8(11)14-7;1-2;;1-2;;;;;/h2*1-3H,(H,9,12)(H,10,13);1-3H,(H4,9,10,11,12,13);2*1-3H,9H2,(H,10,12)(H,11,13);1-3H;;1H;;;;3*1H2/q;;;;;;;;;2*+1;;;/p-2. The predicted molar refractivity (Wildman–Crippen MR) is 350 cm³/mol. The Morgan fingerprint density at radius 1 is 0.398 bits per heavy atom. The number of nitrogen functional groups attached to an aromatic ring is 3. The first-order chi connectivity index (χ1) is 41.4. The molecule has 476 valence electrons. The van der Waals surface area contributed by atoms with Gasteiger partial charge in [0.05, 0.1) is 63.6 Å². The number of nitrogens with two attached hydrogens (primary N) is 3. The molecule has 45 heteroatoms. The fraction of sp³-hybridized carbons (Fsp3) is 0. The van der Waals surface area contributed by atoms with Crippen LogP contribution in [-0.2, 0) is 4.74 Å². The van der Waals surface area contributed by atoms with E-state index in [1.165, 1.54) is 54.6 Å². The van der Waals surface area contributed by atoms with Gasteiger partial charge in [-0.2, -0.15) is 0 Å². The van der Waals surface area contributed by atoms with Gasteiger partial charge in [-0.15, -0.1) is 24.0 Å². The van der Waals surface area contributed by atoms with Crippen LogP contribution in [0.25, 0.3) is 53.9 Å². The number of benzene rings is 6. The Kier molecular flexibility index (Phi) is 35.6. The van der Waals surface area contributed by atoms with E-state index >= 15 is 0 Å². The van der Waals surface area contributed by atoms with Gasteiger partial charge in [-0.1, -0.05) is 42.5 Å². The fourth-order valence-electron chi connectivity index (χ4n) is 7.73. The second-order valence-corrected chi connectivity index (χ2v) is 16.3. The van der Waals surface area contributed by atoms with Crippen molar-refractivity contribution in [2.45, 2.75) is 0 Å². The van der Waals surface area contributed by atoms with Crippen molar-refractivity contribution >= 4 is 161 Å². The number of hydrogen-bond donors (Lipinski definition) is 12. The number of H-pyrrole nitrogens is 9. The minimum atomic E-state index is -0.961. The summed E-state index contributed by atoms with van der Waals surface area (Å²) in [6.07, 6.45) is 0. The number of rotatable bonds is 3. The first-order valence-corrected chi connectivity index (χ1v) is 29.3. The van der Waals surface area contributed by atoms with E-state index in [4.69, 9.17) is 28.0 Å². The summed E-state index contributed by atoms with van der Waals surface area (Å²) < 4.78 is 4.24. The summed E-state index contributed by atoms with van der Waals surface area (Å²) in [6, 6.07) is 25.8. The molecular formula is C48H39I3N18Na2O22. The fourth-order valence-corrected chi connectivity index (χ4v) is 7.73. The van der Waals surface area contributed by atoms with Gasteiger partial charge in [-0.05, 0) is 48.5 Å². The molecule has 1 aliphatic rings. The quantitative estimate of drug-likeness (QED) is 0.0115. The molecule has 0 radical (unpaired) electrons. The van der Waals surface area contributed by atoms with E-state index < -0.39 is 65.8 Å². The zero-order chi connectivity index (χ0) is 64.6. The van der Waals surface area contributed by atoms with E-state index in [1.807, 2.05) is 10.2 Å². The van der Waals surface area contributed by atoms with E-state index in [1.54, 1.807) is 48.5 Å². The molecule has 0 bridgehead atoms. The summed E-state index contributed by atoms with van der Waals surface area (Å²) in [6.45, 7) is 0. The molecule has 93 heavy (non-hydrogen) atoms. The number of nitrogens with one attached hydrogen (secondary N) is 9. The Morgan fingerprint density at radius 2 is 0.667 bits per heavy atom. The van der Waals surface area contributed by atoms with Crippen molar-refractivity contribution in [2.75, 3.05) is 17.2 Å². The summed E-state index contributed by atoms with van der Waals surface area (Å²) in [7, 11) is 0. The molecule has 0 saturated heterocycles. The Balaban J connectivity index is 0. The van der Waals surface area contributed by atoms with Crippen LogP contribution in [0.15, 0.2) is 157 Å². The number of aromatic amines is 9. The largest absolute Gasteiger partial charge is 1.00 e. The molecule has 5 aromatic heterocycles. The third-order valence-electron chi connectivity index (χ3n) is 11.4. The number of nitrogens with zero attached hydrogens (tertiary/aromatic N) is 6. The SMILES string of the molecule is I.II.N#N.Nc1cccc2c(=O)[n-][nH]c(=O)c12.Nc1cccc2c(=O)[nH][nH]c(=O)c12.Nc1cccc2c(=O)[nH][nH]c(=O)c12.O.O.O=C1OC(=O)c2c1cccc2[N+](=O)[O-].O=c1[nH][nH]c(=O)c2c([N+](=O)[O-])cccc12.O=c1[nH][nH]c(=O)c2c([N+](=O)[O-])cccc12.[Na+].[Na+].[OH-]. The van der Waals surface area contributed by atoms with Crippen molar-refractivity contribution in [3.8, 4) is 0 Å². The Labute approximate surface area is 593 Å². The van der Waals surface area contributed by atoms with Gasteiger partial charge in [0.25, 0.3) is 61.5 Å². The van der Waals surface area contributed by atoms with Crippen LogP contribution in [0.5, 0.6) is 0 Å². The number of non-ortho nitro benzene ring substituents is 2. The number of nitro benzene ring substituents is 3. The van der Waals surface area contributed by atoms with E-state index in [-0.39, 0.29) is 187 Å². The first-order valence-electron chi connectivity index (χ1n) is 23.0. The van der Waals surface area contributed by atoms with Crippen molar-refractivity contribution in [3.63, 3.8) is 0 Å². The number of carbonyl (C=O) groups excluding carboxylic acids is 2. The number of esters is 2. The van der Waals surface area contributed by atoms with Crippen LogP contribution < -0.4 is 137 Å². The van der Waals surface area contributed by atoms with Crippen molar-refractivity contribution in [3.05, 3.63) is 254 Å². The molecule has 6 heterocycles. The monoisotopic (exact) mass is 1650 g/mol. The topological polar surface area (TPSA) is 718 Å². The minimum absolute atomic E-state index is 0. The van der Waals surface area contributed by atoms with Gasteiger partial charge in [-0.3, -0.25) is 114 Å². The van der Waals surface area contributed by atoms with Gasteiger partial charge < -0.3 is 53.4 Å². The van der Waals surface area contributed by atoms with Crippen LogP contribution in [0, 0.1) is 41.1 Å². The third kappa shape index (κ3) is 19.9. The molecule has 12 rings (SSSR count). The van der Waals surface area contributed by atoms with Crippen molar-refractivity contribution in [2.24, 2.45) is 0 Å². The van der Waals surface area contributed by atoms with Crippen molar-refractivity contribution < 1.29 is 105 Å². The van der Waals surface area contributed by atoms with Gasteiger partial charge >= 0.3 is 71.1 Å². The maximum Gasteiger partial charge on any atom is 1.00 e. The van der Waals surface area contributed by atoms with Crippen LogP contribution in [-0.4, -0.2) is 89.0 Å². The summed E-state index contributed by atoms with van der Waals surface area (Å²) in [5.74, 6) is -1.80. The Morgan fingerprint density at radius 3 is 0.989 bits per heavy atom. The second kappa shape index (κ2) is 38.8. The number of carbonyl (C=O) groups is 2. The molecule has 6 aromatic carbocycles. The molecule has 0 spiro atoms. The number of aromatic nitrogens is 10. The Bertz CT molecular complexity index is 4850. The molecule has 40 nitrogen and oxygen atoms in total. The molecule has 0 aliphatic carbocycles. The predicted octanol–water partition coefficient (Wildman–Crippen LogP) is -5.22. The third-order valence-corrected chi connectivity index (χ3v) is 11.4. The average Bonchev–Trinajstić information content (AvgIpc) is 1.61. The number of nitro groups is 3. The minimum Gasteiger partial charge on any atom is -0.870 e. The number of fused-ring (bicyclic) bond motifs is 6. The van der Waals surface area contributed by atoms with Crippen LogP contribution in [0.2, 0.25) is 0 Å². The maximum atomic E-state index is 11.3. The molecule has 0 amide bonds. The van der Waals surface area contributed by atoms with Gasteiger partial charge in [0.15, 0.2) is 5.56 Å². The number of halogens is 3. The van der Waals surface area contributed by atoms with E-state index in [0.29, 0.717) is 27.8 Å². The van der Waals surface area contributed by atoms with E-state index in [9.17, 15) is 87.9 Å². The summed E-state index contributed by atoms with van der Waals surface area (Å²) in [5, 5.41) is 67.4. The average molecular weight is 1650 g/mol.